The van der Waals surface area contributed by atoms with E-state index in [0.29, 0.717) is 38.9 Å². The van der Waals surface area contributed by atoms with Crippen LogP contribution in [0, 0.1) is 10.1 Å². The summed E-state index contributed by atoms with van der Waals surface area (Å²) in [6.45, 7) is 0. The number of benzene rings is 3. The Labute approximate surface area is 236 Å². The number of halogens is 1. The first kappa shape index (κ1) is 24.4. The van der Waals surface area contributed by atoms with Crippen LogP contribution in [-0.2, 0) is 0 Å². The van der Waals surface area contributed by atoms with Crippen LogP contribution in [0.2, 0.25) is 5.02 Å². The number of hydrogen-bond acceptors (Lipinski definition) is 8. The van der Waals surface area contributed by atoms with Crippen LogP contribution < -0.4 is 10.1 Å². The number of ether oxygens (including phenoxy) is 1. The Bertz CT molecular complexity index is 1750. The Balaban J connectivity index is 1.35. The number of amides is 1. The van der Waals surface area contributed by atoms with Crippen molar-refractivity contribution in [2.45, 2.75) is 18.3 Å². The second kappa shape index (κ2) is 9.25. The van der Waals surface area contributed by atoms with Gasteiger partial charge in [-0.2, -0.15) is 10.2 Å². The first-order chi connectivity index (χ1) is 19.4. The summed E-state index contributed by atoms with van der Waals surface area (Å²) in [6.07, 6.45) is 4.02. The second-order valence-electron chi connectivity index (χ2n) is 9.43. The van der Waals surface area contributed by atoms with Crippen molar-refractivity contribution in [2.24, 2.45) is 5.10 Å². The number of hydrazone groups is 1. The molecule has 0 bridgehead atoms. The Morgan fingerprint density at radius 2 is 1.95 bits per heavy atom. The number of H-pyrrole nitrogens is 1. The highest BCUT2D eigenvalue weighted by atomic mass is 35.5. The van der Waals surface area contributed by atoms with E-state index in [1.54, 1.807) is 24.4 Å². The fourth-order valence-electron chi connectivity index (χ4n) is 5.23. The zero-order valence-corrected chi connectivity index (χ0v) is 22.1. The molecule has 40 heavy (non-hydrogen) atoms. The monoisotopic (exact) mass is 570 g/mol. The molecule has 2 unspecified atom stereocenters. The highest BCUT2D eigenvalue weighted by Crippen LogP contribution is 2.53. The van der Waals surface area contributed by atoms with Crippen molar-refractivity contribution in [3.8, 4) is 17.0 Å². The predicted octanol–water partition coefficient (Wildman–Crippen LogP) is 6.33. The highest BCUT2D eigenvalue weighted by Gasteiger charge is 2.58. The van der Waals surface area contributed by atoms with E-state index >= 15 is 0 Å². The molecule has 3 aromatic carbocycles. The molecule has 12 heteroatoms. The molecular weight excluding hydrogens is 552 g/mol. The normalized spacial score (nSPS) is 22.1. The van der Waals surface area contributed by atoms with Gasteiger partial charge in [0.1, 0.15) is 5.75 Å². The van der Waals surface area contributed by atoms with Gasteiger partial charge in [-0.3, -0.25) is 25.3 Å². The SMILES string of the molecule is O=C1NC2(Oc3ccccc3C3CC(c4ccc(Cl)cc4)=NN32)/C(=C/c2cn[nH]c2-c2cccc([N+](=O)[O-])c2)S1. The maximum absolute atomic E-state index is 13.0. The number of aromatic nitrogens is 2. The highest BCUT2D eigenvalue weighted by molar-refractivity contribution is 8.17. The molecule has 198 valence electrons. The fraction of sp³-hybridized carbons (Fsp3) is 0.107. The molecule has 1 amide bonds. The van der Waals surface area contributed by atoms with Crippen LogP contribution in [-0.4, -0.2) is 36.9 Å². The first-order valence-electron chi connectivity index (χ1n) is 12.3. The smallest absolute Gasteiger partial charge is 0.314 e. The minimum atomic E-state index is -1.40. The number of carbonyl (C=O) groups is 1. The van der Waals surface area contributed by atoms with Crippen LogP contribution in [0.15, 0.2) is 89.0 Å². The number of aromatic amines is 1. The second-order valence-corrected chi connectivity index (χ2v) is 10.9. The summed E-state index contributed by atoms with van der Waals surface area (Å²) in [7, 11) is 0. The van der Waals surface area contributed by atoms with E-state index in [0.717, 1.165) is 28.6 Å². The van der Waals surface area contributed by atoms with Gasteiger partial charge in [0.25, 0.3) is 10.9 Å². The topological polar surface area (TPSA) is 126 Å². The average Bonchev–Trinajstić information content (AvgIpc) is 3.68. The summed E-state index contributed by atoms with van der Waals surface area (Å²) >= 11 is 7.13. The molecule has 1 aromatic heterocycles. The van der Waals surface area contributed by atoms with Crippen molar-refractivity contribution in [3.05, 3.63) is 116 Å². The summed E-state index contributed by atoms with van der Waals surface area (Å²) in [6, 6.07) is 21.3. The number of rotatable bonds is 4. The number of thioether (sulfide) groups is 1. The van der Waals surface area contributed by atoms with Crippen molar-refractivity contribution in [3.63, 3.8) is 0 Å². The van der Waals surface area contributed by atoms with Gasteiger partial charge in [-0.1, -0.05) is 54.1 Å². The molecule has 1 fully saturated rings. The van der Waals surface area contributed by atoms with E-state index in [1.807, 2.05) is 53.5 Å². The number of nitro groups is 1. The molecular formula is C28H19ClN6O4S. The maximum atomic E-state index is 13.0. The van der Waals surface area contributed by atoms with Crippen LogP contribution in [0.1, 0.15) is 29.2 Å². The lowest BCUT2D eigenvalue weighted by Gasteiger charge is -2.45. The number of nitrogens with zero attached hydrogens (tertiary/aromatic N) is 4. The Morgan fingerprint density at radius 1 is 1.12 bits per heavy atom. The Kier molecular flexibility index (Phi) is 5.65. The number of nitrogens with one attached hydrogen (secondary N) is 2. The third-order valence-electron chi connectivity index (χ3n) is 7.06. The van der Waals surface area contributed by atoms with Crippen LogP contribution in [0.3, 0.4) is 0 Å². The lowest BCUT2D eigenvalue weighted by Crippen LogP contribution is -2.61. The molecule has 10 nitrogen and oxygen atoms in total. The zero-order valence-electron chi connectivity index (χ0n) is 20.6. The number of para-hydroxylation sites is 1. The van der Waals surface area contributed by atoms with E-state index in [4.69, 9.17) is 21.4 Å². The zero-order chi connectivity index (χ0) is 27.4. The van der Waals surface area contributed by atoms with Crippen LogP contribution >= 0.6 is 23.4 Å². The van der Waals surface area contributed by atoms with Crippen LogP contribution in [0.5, 0.6) is 5.75 Å². The van der Waals surface area contributed by atoms with E-state index in [-0.39, 0.29) is 17.0 Å². The summed E-state index contributed by atoms with van der Waals surface area (Å²) in [5, 5.41) is 28.6. The molecule has 2 N–H and O–H groups in total. The molecule has 4 heterocycles. The fourth-order valence-corrected chi connectivity index (χ4v) is 6.26. The van der Waals surface area contributed by atoms with E-state index in [1.165, 1.54) is 12.1 Å². The molecule has 0 radical (unpaired) electrons. The van der Waals surface area contributed by atoms with Crippen molar-refractivity contribution in [1.82, 2.24) is 20.5 Å². The molecule has 7 rings (SSSR count). The largest absolute Gasteiger partial charge is 0.444 e. The summed E-state index contributed by atoms with van der Waals surface area (Å²) < 4.78 is 6.58. The van der Waals surface area contributed by atoms with Gasteiger partial charge in [0, 0.05) is 40.3 Å². The van der Waals surface area contributed by atoms with Gasteiger partial charge in [0.15, 0.2) is 0 Å². The van der Waals surface area contributed by atoms with Crippen LogP contribution in [0.25, 0.3) is 17.3 Å². The van der Waals surface area contributed by atoms with Crippen molar-refractivity contribution >= 4 is 46.1 Å². The lowest BCUT2D eigenvalue weighted by atomic mass is 9.95. The first-order valence-corrected chi connectivity index (χ1v) is 13.5. The molecule has 0 saturated carbocycles. The van der Waals surface area contributed by atoms with Gasteiger partial charge in [0.05, 0.1) is 33.5 Å². The molecule has 4 aromatic rings. The molecule has 1 saturated heterocycles. The molecule has 2 atom stereocenters. The maximum Gasteiger partial charge on any atom is 0.314 e. The van der Waals surface area contributed by atoms with E-state index in [9.17, 15) is 14.9 Å². The van der Waals surface area contributed by atoms with Gasteiger partial charge in [-0.25, -0.2) is 5.01 Å². The Morgan fingerprint density at radius 3 is 2.77 bits per heavy atom. The number of fused-ring (bicyclic) bond motifs is 4. The lowest BCUT2D eigenvalue weighted by molar-refractivity contribution is -0.384. The van der Waals surface area contributed by atoms with Gasteiger partial charge < -0.3 is 4.74 Å². The molecule has 3 aliphatic rings. The molecule has 1 spiro atoms. The summed E-state index contributed by atoms with van der Waals surface area (Å²) in [5.41, 5.74) is 4.50. The number of nitro benzene ring substituents is 1. The van der Waals surface area contributed by atoms with Gasteiger partial charge in [-0.15, -0.1) is 0 Å². The third kappa shape index (κ3) is 3.93. The average molecular weight is 571 g/mol. The quantitative estimate of drug-likeness (QED) is 0.217. The van der Waals surface area contributed by atoms with Crippen molar-refractivity contribution < 1.29 is 14.5 Å². The third-order valence-corrected chi connectivity index (χ3v) is 8.21. The van der Waals surface area contributed by atoms with Crippen molar-refractivity contribution in [1.29, 1.82) is 0 Å². The van der Waals surface area contributed by atoms with Gasteiger partial charge in [0.2, 0.25) is 0 Å². The summed E-state index contributed by atoms with van der Waals surface area (Å²) in [5.74, 6) is -0.747. The van der Waals surface area contributed by atoms with Crippen LogP contribution in [0.4, 0.5) is 10.5 Å². The number of non-ortho nitro benzene ring substituents is 1. The molecule has 0 aliphatic carbocycles. The number of carbonyl (C=O) groups excluding carboxylic acids is 1. The minimum absolute atomic E-state index is 0.0366. The van der Waals surface area contributed by atoms with E-state index in [2.05, 4.69) is 15.5 Å². The standard InChI is InChI=1S/C28H19ClN6O4S/c29-19-10-8-16(9-11-19)22-14-23-21-6-1-2-7-24(21)39-28(34(23)33-22)25(40-27(36)31-28)13-18-15-30-32-26(18)17-4-3-5-20(12-17)35(37)38/h1-13,15,23H,14H2,(H,30,32)(H,31,36)/b25-13-. The minimum Gasteiger partial charge on any atom is -0.444 e. The predicted molar refractivity (Wildman–Crippen MR) is 152 cm³/mol. The molecule has 3 aliphatic heterocycles. The number of hydrogen-bond donors (Lipinski definition) is 2. The Hall–Kier alpha value is -4.61. The van der Waals surface area contributed by atoms with Crippen molar-refractivity contribution in [2.75, 3.05) is 0 Å². The van der Waals surface area contributed by atoms with Gasteiger partial charge in [-0.05, 0) is 41.6 Å². The summed E-state index contributed by atoms with van der Waals surface area (Å²) in [4.78, 5) is 24.4. The van der Waals surface area contributed by atoms with E-state index < -0.39 is 10.8 Å². The van der Waals surface area contributed by atoms with Gasteiger partial charge >= 0.3 is 5.85 Å².